The molecule has 1 aliphatic carbocycles. The average molecular weight is 368 g/mol. The van der Waals surface area contributed by atoms with Crippen LogP contribution in [0.2, 0.25) is 0 Å². The fourth-order valence-corrected chi connectivity index (χ4v) is 3.81. The Morgan fingerprint density at radius 1 is 1.04 bits per heavy atom. The lowest BCUT2D eigenvalue weighted by Crippen LogP contribution is -2.13. The maximum absolute atomic E-state index is 12.6. The Labute approximate surface area is 153 Å². The van der Waals surface area contributed by atoms with Crippen molar-refractivity contribution >= 4 is 15.7 Å². The first-order valence-corrected chi connectivity index (χ1v) is 10.1. The SMILES string of the molecule is Cc1ccc(NS(=O)(=O)c2ccc(-c3cnc(C4CC4)o3)cc2)cc1C. The zero-order valence-corrected chi connectivity index (χ0v) is 15.5. The lowest BCUT2D eigenvalue weighted by Gasteiger charge is -2.10. The molecule has 4 rings (SSSR count). The summed E-state index contributed by atoms with van der Waals surface area (Å²) in [5.41, 5.74) is 3.53. The van der Waals surface area contributed by atoms with Crippen molar-refractivity contribution in [3.05, 3.63) is 65.7 Å². The van der Waals surface area contributed by atoms with E-state index in [0.717, 1.165) is 35.4 Å². The van der Waals surface area contributed by atoms with Crippen LogP contribution in [0.25, 0.3) is 11.3 Å². The molecule has 1 N–H and O–H groups in total. The van der Waals surface area contributed by atoms with E-state index < -0.39 is 10.0 Å². The van der Waals surface area contributed by atoms with E-state index in [2.05, 4.69) is 9.71 Å². The Morgan fingerprint density at radius 3 is 2.42 bits per heavy atom. The van der Waals surface area contributed by atoms with Crippen LogP contribution in [0.4, 0.5) is 5.69 Å². The smallest absolute Gasteiger partial charge is 0.261 e. The third-order valence-electron chi connectivity index (χ3n) is 4.66. The normalized spacial score (nSPS) is 14.4. The second-order valence-corrected chi connectivity index (χ2v) is 8.45. The van der Waals surface area contributed by atoms with Gasteiger partial charge in [0.05, 0.1) is 11.1 Å². The van der Waals surface area contributed by atoms with E-state index in [9.17, 15) is 8.42 Å². The number of oxazole rings is 1. The van der Waals surface area contributed by atoms with Gasteiger partial charge >= 0.3 is 0 Å². The van der Waals surface area contributed by atoms with Gasteiger partial charge in [0.1, 0.15) is 0 Å². The lowest BCUT2D eigenvalue weighted by atomic mass is 10.1. The third kappa shape index (κ3) is 3.37. The molecule has 134 valence electrons. The molecule has 0 amide bonds. The van der Waals surface area contributed by atoms with E-state index >= 15 is 0 Å². The molecule has 1 heterocycles. The van der Waals surface area contributed by atoms with Crippen molar-refractivity contribution in [2.75, 3.05) is 4.72 Å². The molecule has 0 saturated heterocycles. The summed E-state index contributed by atoms with van der Waals surface area (Å²) in [6.45, 7) is 3.94. The number of aryl methyl sites for hydroxylation is 2. The van der Waals surface area contributed by atoms with E-state index in [0.29, 0.717) is 17.4 Å². The molecule has 0 bridgehead atoms. The van der Waals surface area contributed by atoms with E-state index in [1.165, 1.54) is 0 Å². The summed E-state index contributed by atoms with van der Waals surface area (Å²) in [5, 5.41) is 0. The zero-order valence-electron chi connectivity index (χ0n) is 14.7. The summed E-state index contributed by atoms with van der Waals surface area (Å²) in [6, 6.07) is 12.1. The van der Waals surface area contributed by atoms with E-state index in [1.54, 1.807) is 36.5 Å². The largest absolute Gasteiger partial charge is 0.440 e. The highest BCUT2D eigenvalue weighted by Crippen LogP contribution is 2.40. The maximum atomic E-state index is 12.6. The molecule has 6 heteroatoms. The summed E-state index contributed by atoms with van der Waals surface area (Å²) in [6.07, 6.45) is 3.95. The summed E-state index contributed by atoms with van der Waals surface area (Å²) in [4.78, 5) is 4.51. The number of benzene rings is 2. The molecule has 5 nitrogen and oxygen atoms in total. The van der Waals surface area contributed by atoms with Gasteiger partial charge in [-0.15, -0.1) is 0 Å². The summed E-state index contributed by atoms with van der Waals surface area (Å²) < 4.78 is 33.6. The quantitative estimate of drug-likeness (QED) is 0.712. The second kappa shape index (κ2) is 6.29. The van der Waals surface area contributed by atoms with Crippen LogP contribution in [0.15, 0.2) is 58.0 Å². The van der Waals surface area contributed by atoms with Gasteiger partial charge in [-0.2, -0.15) is 0 Å². The molecule has 1 saturated carbocycles. The highest BCUT2D eigenvalue weighted by molar-refractivity contribution is 7.92. The number of aromatic nitrogens is 1. The van der Waals surface area contributed by atoms with Crippen molar-refractivity contribution < 1.29 is 12.8 Å². The molecule has 1 fully saturated rings. The standard InChI is InChI=1S/C20H20N2O3S/c1-13-3-8-17(11-14(13)2)22-26(23,24)18-9-6-15(7-10-18)19-12-21-20(25-19)16-4-5-16/h3,6-12,16,22H,4-5H2,1-2H3. The Morgan fingerprint density at radius 2 is 1.77 bits per heavy atom. The van der Waals surface area contributed by atoms with Crippen LogP contribution in [0, 0.1) is 13.8 Å². The molecule has 1 aliphatic rings. The molecular weight excluding hydrogens is 348 g/mol. The zero-order chi connectivity index (χ0) is 18.3. The first kappa shape index (κ1) is 16.8. The minimum atomic E-state index is -3.64. The fourth-order valence-electron chi connectivity index (χ4n) is 2.76. The number of hydrogen-bond donors (Lipinski definition) is 1. The van der Waals surface area contributed by atoms with Crippen LogP contribution in [0.1, 0.15) is 35.8 Å². The predicted octanol–water partition coefficient (Wildman–Crippen LogP) is 4.64. The minimum Gasteiger partial charge on any atom is -0.440 e. The van der Waals surface area contributed by atoms with E-state index in [-0.39, 0.29) is 4.90 Å². The first-order valence-electron chi connectivity index (χ1n) is 8.58. The third-order valence-corrected chi connectivity index (χ3v) is 6.06. The number of nitrogens with zero attached hydrogens (tertiary/aromatic N) is 1. The van der Waals surface area contributed by atoms with Crippen LogP contribution in [0.5, 0.6) is 0 Å². The van der Waals surface area contributed by atoms with Crippen LogP contribution in [-0.4, -0.2) is 13.4 Å². The van der Waals surface area contributed by atoms with Crippen molar-refractivity contribution in [2.24, 2.45) is 0 Å². The van der Waals surface area contributed by atoms with Gasteiger partial charge in [0.15, 0.2) is 11.7 Å². The Balaban J connectivity index is 1.55. The highest BCUT2D eigenvalue weighted by atomic mass is 32.2. The number of hydrogen-bond acceptors (Lipinski definition) is 4. The molecule has 0 radical (unpaired) electrons. The number of nitrogens with one attached hydrogen (secondary N) is 1. The van der Waals surface area contributed by atoms with Gasteiger partial charge in [0, 0.05) is 17.2 Å². The van der Waals surface area contributed by atoms with Crippen molar-refractivity contribution in [3.8, 4) is 11.3 Å². The Hall–Kier alpha value is -2.60. The molecule has 2 aromatic carbocycles. The second-order valence-electron chi connectivity index (χ2n) is 6.77. The van der Waals surface area contributed by atoms with Gasteiger partial charge in [-0.05, 0) is 74.2 Å². The van der Waals surface area contributed by atoms with Crippen molar-refractivity contribution in [3.63, 3.8) is 0 Å². The molecule has 3 aromatic rings. The van der Waals surface area contributed by atoms with Crippen molar-refractivity contribution in [1.29, 1.82) is 0 Å². The monoisotopic (exact) mass is 368 g/mol. The van der Waals surface area contributed by atoms with Crippen molar-refractivity contribution in [2.45, 2.75) is 37.5 Å². The van der Waals surface area contributed by atoms with Gasteiger partial charge < -0.3 is 4.42 Å². The number of sulfonamides is 1. The van der Waals surface area contributed by atoms with Gasteiger partial charge in [0.2, 0.25) is 0 Å². The predicted molar refractivity (Wildman–Crippen MR) is 101 cm³/mol. The van der Waals surface area contributed by atoms with Gasteiger partial charge in [-0.25, -0.2) is 13.4 Å². The molecule has 26 heavy (non-hydrogen) atoms. The number of anilines is 1. The topological polar surface area (TPSA) is 72.2 Å². The summed E-state index contributed by atoms with van der Waals surface area (Å²) >= 11 is 0. The molecular formula is C20H20N2O3S. The fraction of sp³-hybridized carbons (Fsp3) is 0.250. The summed E-state index contributed by atoms with van der Waals surface area (Å²) in [7, 11) is -3.64. The van der Waals surface area contributed by atoms with E-state index in [1.807, 2.05) is 26.0 Å². The van der Waals surface area contributed by atoms with E-state index in [4.69, 9.17) is 4.42 Å². The van der Waals surface area contributed by atoms with Gasteiger partial charge in [-0.1, -0.05) is 6.07 Å². The molecule has 0 atom stereocenters. The molecule has 1 aromatic heterocycles. The average Bonchev–Trinajstić information content (AvgIpc) is 3.35. The Kier molecular flexibility index (Phi) is 4.07. The molecule has 0 aliphatic heterocycles. The van der Waals surface area contributed by atoms with Crippen LogP contribution < -0.4 is 4.72 Å². The van der Waals surface area contributed by atoms with Crippen LogP contribution in [-0.2, 0) is 10.0 Å². The lowest BCUT2D eigenvalue weighted by molar-refractivity contribution is 0.509. The summed E-state index contributed by atoms with van der Waals surface area (Å²) in [5.74, 6) is 1.89. The Bertz CT molecular complexity index is 1050. The number of rotatable bonds is 5. The molecule has 0 unspecified atom stereocenters. The minimum absolute atomic E-state index is 0.210. The van der Waals surface area contributed by atoms with Crippen LogP contribution in [0.3, 0.4) is 0 Å². The van der Waals surface area contributed by atoms with Crippen molar-refractivity contribution in [1.82, 2.24) is 4.98 Å². The van der Waals surface area contributed by atoms with Gasteiger partial charge in [0.25, 0.3) is 10.0 Å². The molecule has 0 spiro atoms. The highest BCUT2D eigenvalue weighted by Gasteiger charge is 2.28. The van der Waals surface area contributed by atoms with Crippen LogP contribution >= 0.6 is 0 Å². The first-order chi connectivity index (χ1) is 12.4. The van der Waals surface area contributed by atoms with Gasteiger partial charge in [-0.3, -0.25) is 4.72 Å². The maximum Gasteiger partial charge on any atom is 0.261 e.